The van der Waals surface area contributed by atoms with E-state index in [1.807, 2.05) is 24.3 Å². The van der Waals surface area contributed by atoms with Crippen LogP contribution in [0.25, 0.3) is 21.9 Å². The molecule has 0 saturated heterocycles. The van der Waals surface area contributed by atoms with Crippen LogP contribution in [0.1, 0.15) is 0 Å². The molecule has 0 aromatic heterocycles. The minimum atomic E-state index is 0.613. The van der Waals surface area contributed by atoms with E-state index in [0.717, 1.165) is 16.5 Å². The van der Waals surface area contributed by atoms with Gasteiger partial charge in [0.25, 0.3) is 0 Å². The lowest BCUT2D eigenvalue weighted by molar-refractivity contribution is 0.395. The molecule has 3 rings (SSSR count). The van der Waals surface area contributed by atoms with Crippen LogP contribution in [0.4, 0.5) is 0 Å². The van der Waals surface area contributed by atoms with Crippen LogP contribution in [0, 0.1) is 0 Å². The summed E-state index contributed by atoms with van der Waals surface area (Å²) in [5.74, 6) is 1.39. The van der Waals surface area contributed by atoms with Crippen LogP contribution in [0.3, 0.4) is 0 Å². The number of benzene rings is 3. The van der Waals surface area contributed by atoms with Crippen molar-refractivity contribution in [3.8, 4) is 22.6 Å². The molecule has 0 radical (unpaired) electrons. The topological polar surface area (TPSA) is 18.5 Å². The Kier molecular flexibility index (Phi) is 3.72. The lowest BCUT2D eigenvalue weighted by atomic mass is 9.97. The molecule has 0 fully saturated rings. The van der Waals surface area contributed by atoms with E-state index in [0.29, 0.717) is 16.5 Å². The third-order valence-electron chi connectivity index (χ3n) is 3.54. The van der Waals surface area contributed by atoms with Crippen LogP contribution in [0.5, 0.6) is 11.5 Å². The Morgan fingerprint density at radius 2 is 1.62 bits per heavy atom. The first-order chi connectivity index (χ1) is 10.2. The minimum Gasteiger partial charge on any atom is -0.497 e. The fraction of sp³-hybridized carbons (Fsp3) is 0.111. The Balaban J connectivity index is 2.33. The standard InChI is InChI=1S/C18H15ClO2/c1-20-13-10-16(19)18(17(11-13)21-2)15-9-5-7-12-6-3-4-8-14(12)15/h3-11H,1-2H3. The van der Waals surface area contributed by atoms with E-state index in [-0.39, 0.29) is 0 Å². The molecule has 0 aliphatic rings. The highest BCUT2D eigenvalue weighted by atomic mass is 35.5. The van der Waals surface area contributed by atoms with Crippen LogP contribution in [-0.2, 0) is 0 Å². The average molecular weight is 299 g/mol. The van der Waals surface area contributed by atoms with Crippen LogP contribution in [0.15, 0.2) is 54.6 Å². The summed E-state index contributed by atoms with van der Waals surface area (Å²) in [6.07, 6.45) is 0. The number of methoxy groups -OCH3 is 2. The molecule has 0 amide bonds. The normalized spacial score (nSPS) is 10.6. The first kappa shape index (κ1) is 13.8. The van der Waals surface area contributed by atoms with E-state index in [2.05, 4.69) is 24.3 Å². The summed E-state index contributed by atoms with van der Waals surface area (Å²) in [5.41, 5.74) is 1.94. The largest absolute Gasteiger partial charge is 0.497 e. The van der Waals surface area contributed by atoms with Gasteiger partial charge in [0, 0.05) is 11.6 Å². The summed E-state index contributed by atoms with van der Waals surface area (Å²) in [4.78, 5) is 0. The molecule has 2 nitrogen and oxygen atoms in total. The second kappa shape index (κ2) is 5.66. The number of hydrogen-bond acceptors (Lipinski definition) is 2. The summed E-state index contributed by atoms with van der Waals surface area (Å²) in [5, 5.41) is 2.93. The molecule has 21 heavy (non-hydrogen) atoms. The monoisotopic (exact) mass is 298 g/mol. The Morgan fingerprint density at radius 1 is 0.857 bits per heavy atom. The summed E-state index contributed by atoms with van der Waals surface area (Å²) in [7, 11) is 3.25. The number of fused-ring (bicyclic) bond motifs is 1. The van der Waals surface area contributed by atoms with Crippen LogP contribution in [0.2, 0.25) is 5.02 Å². The van der Waals surface area contributed by atoms with Gasteiger partial charge in [0.2, 0.25) is 0 Å². The predicted octanol–water partition coefficient (Wildman–Crippen LogP) is 5.18. The lowest BCUT2D eigenvalue weighted by Crippen LogP contribution is -1.92. The number of halogens is 1. The second-order valence-corrected chi connectivity index (χ2v) is 5.12. The maximum absolute atomic E-state index is 6.47. The van der Waals surface area contributed by atoms with Gasteiger partial charge in [-0.15, -0.1) is 0 Å². The van der Waals surface area contributed by atoms with Crippen molar-refractivity contribution in [1.29, 1.82) is 0 Å². The van der Waals surface area contributed by atoms with Crippen molar-refractivity contribution in [2.75, 3.05) is 14.2 Å². The molecular weight excluding hydrogens is 284 g/mol. The van der Waals surface area contributed by atoms with Gasteiger partial charge in [-0.1, -0.05) is 54.1 Å². The number of rotatable bonds is 3. The van der Waals surface area contributed by atoms with Crippen LogP contribution >= 0.6 is 11.6 Å². The molecule has 0 unspecified atom stereocenters. The zero-order valence-corrected chi connectivity index (χ0v) is 12.6. The second-order valence-electron chi connectivity index (χ2n) is 4.71. The molecule has 3 heteroatoms. The minimum absolute atomic E-state index is 0.613. The van der Waals surface area contributed by atoms with Gasteiger partial charge in [0.1, 0.15) is 11.5 Å². The van der Waals surface area contributed by atoms with Crippen molar-refractivity contribution in [2.24, 2.45) is 0 Å². The maximum atomic E-state index is 6.47. The van der Waals surface area contributed by atoms with Gasteiger partial charge >= 0.3 is 0 Å². The number of ether oxygens (including phenoxy) is 2. The van der Waals surface area contributed by atoms with Gasteiger partial charge in [-0.2, -0.15) is 0 Å². The third kappa shape index (κ3) is 2.43. The molecule has 0 N–H and O–H groups in total. The first-order valence-corrected chi connectivity index (χ1v) is 7.02. The highest BCUT2D eigenvalue weighted by molar-refractivity contribution is 6.34. The van der Waals surface area contributed by atoms with E-state index in [4.69, 9.17) is 21.1 Å². The van der Waals surface area contributed by atoms with Gasteiger partial charge in [-0.05, 0) is 22.4 Å². The van der Waals surface area contributed by atoms with E-state index >= 15 is 0 Å². The highest BCUT2D eigenvalue weighted by Gasteiger charge is 2.15. The van der Waals surface area contributed by atoms with E-state index < -0.39 is 0 Å². The Labute approximate surface area is 128 Å². The average Bonchev–Trinajstić information content (AvgIpc) is 2.53. The molecule has 0 aliphatic heterocycles. The van der Waals surface area contributed by atoms with Crippen molar-refractivity contribution in [2.45, 2.75) is 0 Å². The molecular formula is C18H15ClO2. The Morgan fingerprint density at radius 3 is 2.38 bits per heavy atom. The Hall–Kier alpha value is -2.19. The molecule has 0 aliphatic carbocycles. The fourth-order valence-electron chi connectivity index (χ4n) is 2.54. The van der Waals surface area contributed by atoms with Gasteiger partial charge in [0.15, 0.2) is 0 Å². The molecule has 3 aromatic carbocycles. The van der Waals surface area contributed by atoms with Crippen LogP contribution < -0.4 is 9.47 Å². The van der Waals surface area contributed by atoms with Crippen molar-refractivity contribution in [3.63, 3.8) is 0 Å². The van der Waals surface area contributed by atoms with E-state index in [1.165, 1.54) is 5.39 Å². The summed E-state index contributed by atoms with van der Waals surface area (Å²) >= 11 is 6.47. The van der Waals surface area contributed by atoms with Crippen LogP contribution in [-0.4, -0.2) is 14.2 Å². The zero-order chi connectivity index (χ0) is 14.8. The SMILES string of the molecule is COc1cc(Cl)c(-c2cccc3ccccc23)c(OC)c1. The molecule has 0 saturated carbocycles. The summed E-state index contributed by atoms with van der Waals surface area (Å²) < 4.78 is 10.8. The van der Waals surface area contributed by atoms with Crippen molar-refractivity contribution in [3.05, 3.63) is 59.6 Å². The zero-order valence-electron chi connectivity index (χ0n) is 11.9. The van der Waals surface area contributed by atoms with E-state index in [9.17, 15) is 0 Å². The molecule has 106 valence electrons. The first-order valence-electron chi connectivity index (χ1n) is 6.64. The van der Waals surface area contributed by atoms with Gasteiger partial charge in [-0.3, -0.25) is 0 Å². The number of hydrogen-bond donors (Lipinski definition) is 0. The molecule has 0 heterocycles. The fourth-order valence-corrected chi connectivity index (χ4v) is 2.84. The van der Waals surface area contributed by atoms with Crippen molar-refractivity contribution < 1.29 is 9.47 Å². The molecule has 0 bridgehead atoms. The summed E-state index contributed by atoms with van der Waals surface area (Å²) in [6, 6.07) is 18.0. The quantitative estimate of drug-likeness (QED) is 0.663. The smallest absolute Gasteiger partial charge is 0.131 e. The Bertz CT molecular complexity index is 791. The van der Waals surface area contributed by atoms with Crippen molar-refractivity contribution in [1.82, 2.24) is 0 Å². The third-order valence-corrected chi connectivity index (χ3v) is 3.84. The van der Waals surface area contributed by atoms with Gasteiger partial charge in [-0.25, -0.2) is 0 Å². The maximum Gasteiger partial charge on any atom is 0.131 e. The molecule has 0 atom stereocenters. The molecule has 3 aromatic rings. The highest BCUT2D eigenvalue weighted by Crippen LogP contribution is 2.42. The summed E-state index contributed by atoms with van der Waals surface area (Å²) in [6.45, 7) is 0. The lowest BCUT2D eigenvalue weighted by Gasteiger charge is -2.14. The van der Waals surface area contributed by atoms with Gasteiger partial charge < -0.3 is 9.47 Å². The molecule has 0 spiro atoms. The van der Waals surface area contributed by atoms with E-state index in [1.54, 1.807) is 20.3 Å². The van der Waals surface area contributed by atoms with Crippen molar-refractivity contribution >= 4 is 22.4 Å². The predicted molar refractivity (Wildman–Crippen MR) is 87.5 cm³/mol. The van der Waals surface area contributed by atoms with Gasteiger partial charge in [0.05, 0.1) is 19.2 Å².